The zero-order chi connectivity index (χ0) is 11.4. The molecule has 0 spiro atoms. The van der Waals surface area contributed by atoms with Crippen molar-refractivity contribution in [1.29, 1.82) is 0 Å². The van der Waals surface area contributed by atoms with E-state index in [9.17, 15) is 4.79 Å². The molecule has 1 aromatic heterocycles. The van der Waals surface area contributed by atoms with Gasteiger partial charge in [0.1, 0.15) is 11.6 Å². The molecule has 1 rings (SSSR count). The number of methoxy groups -OCH3 is 1. The van der Waals surface area contributed by atoms with E-state index in [0.717, 1.165) is 5.69 Å². The SMILES string of the molecule is COCC(=O)Nc1nc(C(C)C)c(N)s1. The monoisotopic (exact) mass is 229 g/mol. The van der Waals surface area contributed by atoms with Gasteiger partial charge in [0.15, 0.2) is 5.13 Å². The van der Waals surface area contributed by atoms with Gasteiger partial charge in [0.2, 0.25) is 0 Å². The van der Waals surface area contributed by atoms with Crippen LogP contribution in [-0.2, 0) is 9.53 Å². The third kappa shape index (κ3) is 3.17. The van der Waals surface area contributed by atoms with E-state index in [4.69, 9.17) is 10.5 Å². The van der Waals surface area contributed by atoms with Crippen molar-refractivity contribution in [3.05, 3.63) is 5.69 Å². The highest BCUT2D eigenvalue weighted by molar-refractivity contribution is 7.19. The Bertz CT molecular complexity index is 349. The lowest BCUT2D eigenvalue weighted by molar-refractivity contribution is -0.119. The number of hydrogen-bond acceptors (Lipinski definition) is 5. The van der Waals surface area contributed by atoms with Crippen molar-refractivity contribution in [3.8, 4) is 0 Å². The summed E-state index contributed by atoms with van der Waals surface area (Å²) in [5, 5.41) is 3.80. The molecule has 0 saturated carbocycles. The highest BCUT2D eigenvalue weighted by atomic mass is 32.1. The summed E-state index contributed by atoms with van der Waals surface area (Å²) < 4.78 is 4.69. The van der Waals surface area contributed by atoms with E-state index in [0.29, 0.717) is 10.1 Å². The quantitative estimate of drug-likeness (QED) is 0.818. The van der Waals surface area contributed by atoms with Gasteiger partial charge in [-0.3, -0.25) is 10.1 Å². The van der Waals surface area contributed by atoms with Gasteiger partial charge in [-0.15, -0.1) is 0 Å². The smallest absolute Gasteiger partial charge is 0.252 e. The summed E-state index contributed by atoms with van der Waals surface area (Å²) in [7, 11) is 1.47. The first-order valence-electron chi connectivity index (χ1n) is 4.59. The molecule has 0 radical (unpaired) electrons. The van der Waals surface area contributed by atoms with Gasteiger partial charge in [-0.2, -0.15) is 0 Å². The Morgan fingerprint density at radius 2 is 2.33 bits per heavy atom. The summed E-state index contributed by atoms with van der Waals surface area (Å²) in [5.74, 6) is 0.0379. The zero-order valence-corrected chi connectivity index (χ0v) is 9.85. The van der Waals surface area contributed by atoms with Crippen LogP contribution in [-0.4, -0.2) is 24.6 Å². The van der Waals surface area contributed by atoms with Crippen molar-refractivity contribution in [3.63, 3.8) is 0 Å². The van der Waals surface area contributed by atoms with E-state index in [2.05, 4.69) is 10.3 Å². The Hall–Kier alpha value is -1.14. The fraction of sp³-hybridized carbons (Fsp3) is 0.556. The number of aromatic nitrogens is 1. The average molecular weight is 229 g/mol. The molecular formula is C9H15N3O2S. The molecule has 0 aliphatic carbocycles. The van der Waals surface area contributed by atoms with Crippen molar-refractivity contribution >= 4 is 27.4 Å². The maximum atomic E-state index is 11.2. The number of ether oxygens (including phenoxy) is 1. The van der Waals surface area contributed by atoms with Crippen molar-refractivity contribution in [2.45, 2.75) is 19.8 Å². The van der Waals surface area contributed by atoms with Crippen LogP contribution in [0.2, 0.25) is 0 Å². The number of nitrogens with one attached hydrogen (secondary N) is 1. The van der Waals surface area contributed by atoms with Crippen molar-refractivity contribution < 1.29 is 9.53 Å². The van der Waals surface area contributed by atoms with Gasteiger partial charge in [0.25, 0.3) is 5.91 Å². The number of anilines is 2. The number of carbonyl (C=O) groups excluding carboxylic acids is 1. The van der Waals surface area contributed by atoms with Crippen LogP contribution in [0.3, 0.4) is 0 Å². The van der Waals surface area contributed by atoms with Crippen LogP contribution in [0.5, 0.6) is 0 Å². The van der Waals surface area contributed by atoms with Crippen LogP contribution in [0.25, 0.3) is 0 Å². The third-order valence-electron chi connectivity index (χ3n) is 1.75. The van der Waals surface area contributed by atoms with Gasteiger partial charge >= 0.3 is 0 Å². The summed E-state index contributed by atoms with van der Waals surface area (Å²) in [6.07, 6.45) is 0. The molecular weight excluding hydrogens is 214 g/mol. The number of nitrogens with zero attached hydrogens (tertiary/aromatic N) is 1. The molecule has 0 aliphatic rings. The maximum absolute atomic E-state index is 11.2. The second-order valence-electron chi connectivity index (χ2n) is 3.40. The second-order valence-corrected chi connectivity index (χ2v) is 4.44. The van der Waals surface area contributed by atoms with Gasteiger partial charge in [-0.25, -0.2) is 4.98 Å². The largest absolute Gasteiger partial charge is 0.389 e. The Balaban J connectivity index is 2.71. The van der Waals surface area contributed by atoms with E-state index in [1.807, 2.05) is 13.8 Å². The first-order valence-corrected chi connectivity index (χ1v) is 5.41. The van der Waals surface area contributed by atoms with E-state index < -0.39 is 0 Å². The lowest BCUT2D eigenvalue weighted by Crippen LogP contribution is -2.16. The molecule has 3 N–H and O–H groups in total. The number of nitrogens with two attached hydrogens (primary N) is 1. The number of rotatable bonds is 4. The Kier molecular flexibility index (Phi) is 4.05. The normalized spacial score (nSPS) is 10.7. The summed E-state index contributed by atoms with van der Waals surface area (Å²) in [6.45, 7) is 4.04. The second kappa shape index (κ2) is 5.09. The number of amides is 1. The summed E-state index contributed by atoms with van der Waals surface area (Å²) in [4.78, 5) is 15.4. The van der Waals surface area contributed by atoms with Gasteiger partial charge in [0.05, 0.1) is 5.69 Å². The molecule has 1 amide bonds. The average Bonchev–Trinajstić information content (AvgIpc) is 2.47. The highest BCUT2D eigenvalue weighted by Gasteiger charge is 2.13. The van der Waals surface area contributed by atoms with Crippen LogP contribution in [0, 0.1) is 0 Å². The molecule has 6 heteroatoms. The van der Waals surface area contributed by atoms with Crippen LogP contribution in [0.1, 0.15) is 25.5 Å². The van der Waals surface area contributed by atoms with Crippen LogP contribution >= 0.6 is 11.3 Å². The minimum Gasteiger partial charge on any atom is -0.389 e. The molecule has 0 aromatic carbocycles. The van der Waals surface area contributed by atoms with Gasteiger partial charge in [0, 0.05) is 7.11 Å². The van der Waals surface area contributed by atoms with E-state index in [1.165, 1.54) is 18.4 Å². The first-order chi connectivity index (χ1) is 7.04. The lowest BCUT2D eigenvalue weighted by Gasteiger charge is -2.00. The Labute approximate surface area is 92.6 Å². The summed E-state index contributed by atoms with van der Waals surface area (Å²) >= 11 is 1.28. The van der Waals surface area contributed by atoms with Crippen LogP contribution < -0.4 is 11.1 Å². The molecule has 0 saturated heterocycles. The Morgan fingerprint density at radius 3 is 2.80 bits per heavy atom. The fourth-order valence-corrected chi connectivity index (χ4v) is 2.00. The van der Waals surface area contributed by atoms with Crippen molar-refractivity contribution in [1.82, 2.24) is 4.98 Å². The predicted molar refractivity (Wildman–Crippen MR) is 61.1 cm³/mol. The van der Waals surface area contributed by atoms with Crippen molar-refractivity contribution in [2.75, 3.05) is 24.8 Å². The van der Waals surface area contributed by atoms with Crippen molar-refractivity contribution in [2.24, 2.45) is 0 Å². The summed E-state index contributed by atoms with van der Waals surface area (Å²) in [5.41, 5.74) is 6.59. The molecule has 0 unspecified atom stereocenters. The molecule has 5 nitrogen and oxygen atoms in total. The molecule has 1 aromatic rings. The minimum atomic E-state index is -0.221. The lowest BCUT2D eigenvalue weighted by atomic mass is 10.1. The predicted octanol–water partition coefficient (Wildman–Crippen LogP) is 1.43. The maximum Gasteiger partial charge on any atom is 0.252 e. The minimum absolute atomic E-state index is 0.0243. The standard InChI is InChI=1S/C9H15N3O2S/c1-5(2)7-8(10)15-9(12-7)11-6(13)4-14-3/h5H,4,10H2,1-3H3,(H,11,12,13). The van der Waals surface area contributed by atoms with E-state index in [1.54, 1.807) is 0 Å². The summed E-state index contributed by atoms with van der Waals surface area (Å²) in [6, 6.07) is 0. The molecule has 84 valence electrons. The van der Waals surface area contributed by atoms with Gasteiger partial charge < -0.3 is 10.5 Å². The van der Waals surface area contributed by atoms with Crippen LogP contribution in [0.15, 0.2) is 0 Å². The third-order valence-corrected chi connectivity index (χ3v) is 2.57. The fourth-order valence-electron chi connectivity index (χ4n) is 1.10. The van der Waals surface area contributed by atoms with Crippen LogP contribution in [0.4, 0.5) is 10.1 Å². The topological polar surface area (TPSA) is 77.2 Å². The molecule has 0 bridgehead atoms. The van der Waals surface area contributed by atoms with Gasteiger partial charge in [-0.1, -0.05) is 25.2 Å². The molecule has 0 atom stereocenters. The number of hydrogen-bond donors (Lipinski definition) is 2. The Morgan fingerprint density at radius 1 is 1.67 bits per heavy atom. The number of thiazole rings is 1. The molecule has 1 heterocycles. The number of nitrogen functional groups attached to an aromatic ring is 1. The first kappa shape index (κ1) is 11.9. The molecule has 0 aliphatic heterocycles. The zero-order valence-electron chi connectivity index (χ0n) is 9.03. The van der Waals surface area contributed by atoms with E-state index in [-0.39, 0.29) is 18.4 Å². The number of carbonyl (C=O) groups is 1. The van der Waals surface area contributed by atoms with E-state index >= 15 is 0 Å². The molecule has 15 heavy (non-hydrogen) atoms. The molecule has 0 fully saturated rings. The van der Waals surface area contributed by atoms with Gasteiger partial charge in [-0.05, 0) is 5.92 Å². The highest BCUT2D eigenvalue weighted by Crippen LogP contribution is 2.30.